The summed E-state index contributed by atoms with van der Waals surface area (Å²) < 4.78 is 33.6. The van der Waals surface area contributed by atoms with Gasteiger partial charge in [0.2, 0.25) is 5.91 Å². The summed E-state index contributed by atoms with van der Waals surface area (Å²) in [6.07, 6.45) is 4.40. The largest absolute Gasteiger partial charge is 0.491 e. The van der Waals surface area contributed by atoms with Gasteiger partial charge in [0.25, 0.3) is 10.0 Å². The maximum atomic E-state index is 13.2. The Balaban J connectivity index is 1.50. The van der Waals surface area contributed by atoms with Crippen LogP contribution in [0.1, 0.15) is 39.5 Å². The smallest absolute Gasteiger partial charge is 0.261 e. The molecule has 2 saturated heterocycles. The Morgan fingerprint density at radius 1 is 1.10 bits per heavy atom. The lowest BCUT2D eigenvalue weighted by molar-refractivity contribution is -0.122. The molecule has 0 spiro atoms. The summed E-state index contributed by atoms with van der Waals surface area (Å²) in [6, 6.07) is 11.7. The molecule has 4 rings (SSSR count). The van der Waals surface area contributed by atoms with Crippen molar-refractivity contribution in [3.63, 3.8) is 0 Å². The highest BCUT2D eigenvalue weighted by Gasteiger charge is 2.50. The molecule has 7 nitrogen and oxygen atoms in total. The molecule has 3 heterocycles. The van der Waals surface area contributed by atoms with E-state index >= 15 is 0 Å². The second-order valence-corrected chi connectivity index (χ2v) is 9.96. The third-order valence-corrected chi connectivity index (χ3v) is 7.66. The van der Waals surface area contributed by atoms with E-state index in [1.54, 1.807) is 28.6 Å². The minimum absolute atomic E-state index is 0.0451. The van der Waals surface area contributed by atoms with E-state index in [-0.39, 0.29) is 35.0 Å². The van der Waals surface area contributed by atoms with Crippen LogP contribution in [0.4, 0.5) is 5.69 Å². The van der Waals surface area contributed by atoms with Crippen molar-refractivity contribution in [3.8, 4) is 5.75 Å². The van der Waals surface area contributed by atoms with E-state index < -0.39 is 10.0 Å². The monoisotopic (exact) mass is 429 g/mol. The number of pyridine rings is 1. The van der Waals surface area contributed by atoms with Crippen LogP contribution in [0.5, 0.6) is 5.75 Å². The van der Waals surface area contributed by atoms with Gasteiger partial charge in [0, 0.05) is 24.0 Å². The third kappa shape index (κ3) is 4.06. The molecule has 30 heavy (non-hydrogen) atoms. The molecule has 2 aliphatic heterocycles. The van der Waals surface area contributed by atoms with Crippen molar-refractivity contribution in [1.29, 1.82) is 0 Å². The van der Waals surface area contributed by atoms with Crippen LogP contribution in [0.15, 0.2) is 53.7 Å². The molecule has 2 bridgehead atoms. The van der Waals surface area contributed by atoms with Gasteiger partial charge < -0.3 is 10.1 Å². The highest BCUT2D eigenvalue weighted by molar-refractivity contribution is 7.89. The Morgan fingerprint density at radius 3 is 2.50 bits per heavy atom. The number of amides is 1. The Hall–Kier alpha value is -2.45. The fraction of sp³-hybridized carbons (Fsp3) is 0.455. The third-order valence-electron chi connectivity index (χ3n) is 5.77. The maximum absolute atomic E-state index is 13.2. The van der Waals surface area contributed by atoms with Crippen LogP contribution in [0.25, 0.3) is 0 Å². The molecule has 3 atom stereocenters. The van der Waals surface area contributed by atoms with Gasteiger partial charge in [0.1, 0.15) is 5.75 Å². The first kappa shape index (κ1) is 20.8. The molecular formula is C22H27N3O4S. The molecule has 2 fully saturated rings. The topological polar surface area (TPSA) is 88.6 Å². The average Bonchev–Trinajstić information content (AvgIpc) is 3.04. The van der Waals surface area contributed by atoms with Crippen LogP contribution >= 0.6 is 0 Å². The van der Waals surface area contributed by atoms with E-state index in [0.717, 1.165) is 12.2 Å². The molecule has 1 aromatic heterocycles. The number of ether oxygens (including phenoxy) is 1. The zero-order valence-electron chi connectivity index (χ0n) is 17.2. The molecule has 0 saturated carbocycles. The van der Waals surface area contributed by atoms with Gasteiger partial charge in [-0.15, -0.1) is 0 Å². The maximum Gasteiger partial charge on any atom is 0.261 e. The van der Waals surface area contributed by atoms with Crippen LogP contribution in [-0.4, -0.2) is 41.8 Å². The Labute approximate surface area is 177 Å². The lowest BCUT2D eigenvalue weighted by Crippen LogP contribution is -2.51. The number of nitrogens with zero attached hydrogens (tertiary/aromatic N) is 2. The first-order valence-electron chi connectivity index (χ1n) is 10.4. The lowest BCUT2D eigenvalue weighted by Gasteiger charge is -2.38. The highest BCUT2D eigenvalue weighted by atomic mass is 32.2. The molecule has 160 valence electrons. The number of fused-ring (bicyclic) bond motifs is 2. The van der Waals surface area contributed by atoms with Gasteiger partial charge in [0.05, 0.1) is 12.0 Å². The minimum atomic E-state index is -3.73. The predicted octanol–water partition coefficient (Wildman–Crippen LogP) is 3.44. The number of rotatable bonds is 6. The van der Waals surface area contributed by atoms with Crippen molar-refractivity contribution in [2.24, 2.45) is 5.92 Å². The van der Waals surface area contributed by atoms with E-state index in [1.165, 1.54) is 12.3 Å². The number of hydrogen-bond acceptors (Lipinski definition) is 5. The molecule has 1 aromatic carbocycles. The summed E-state index contributed by atoms with van der Waals surface area (Å²) in [4.78, 5) is 17.1. The number of carbonyl (C=O) groups excluding carboxylic acids is 1. The second-order valence-electron chi connectivity index (χ2n) is 8.17. The number of carbonyl (C=O) groups is 1. The first-order valence-corrected chi connectivity index (χ1v) is 11.8. The summed E-state index contributed by atoms with van der Waals surface area (Å²) in [7, 11) is -3.73. The van der Waals surface area contributed by atoms with Crippen LogP contribution in [0.2, 0.25) is 0 Å². The van der Waals surface area contributed by atoms with E-state index in [9.17, 15) is 13.2 Å². The number of sulfonamides is 1. The van der Waals surface area contributed by atoms with Gasteiger partial charge in [0.15, 0.2) is 5.03 Å². The van der Waals surface area contributed by atoms with Crippen LogP contribution in [0, 0.1) is 5.92 Å². The molecule has 8 heteroatoms. The Kier molecular flexibility index (Phi) is 5.79. The normalized spacial score (nSPS) is 24.0. The van der Waals surface area contributed by atoms with Crippen LogP contribution < -0.4 is 10.1 Å². The van der Waals surface area contributed by atoms with Crippen molar-refractivity contribution in [2.75, 3.05) is 5.32 Å². The number of hydrogen-bond donors (Lipinski definition) is 1. The van der Waals surface area contributed by atoms with Crippen LogP contribution in [-0.2, 0) is 14.8 Å². The summed E-state index contributed by atoms with van der Waals surface area (Å²) in [6.45, 7) is 3.91. The minimum Gasteiger partial charge on any atom is -0.491 e. The van der Waals surface area contributed by atoms with Crippen LogP contribution in [0.3, 0.4) is 0 Å². The molecule has 1 amide bonds. The van der Waals surface area contributed by atoms with Gasteiger partial charge in [-0.2, -0.15) is 4.31 Å². The second kappa shape index (κ2) is 8.35. The number of anilines is 1. The Morgan fingerprint density at radius 2 is 1.83 bits per heavy atom. The fourth-order valence-electron chi connectivity index (χ4n) is 4.51. The van der Waals surface area contributed by atoms with Gasteiger partial charge in [-0.3, -0.25) is 4.79 Å². The molecule has 0 unspecified atom stereocenters. The van der Waals surface area contributed by atoms with E-state index in [2.05, 4.69) is 10.3 Å². The molecular weight excluding hydrogens is 402 g/mol. The van der Waals surface area contributed by atoms with E-state index in [1.807, 2.05) is 26.0 Å². The zero-order valence-corrected chi connectivity index (χ0v) is 18.0. The Bertz CT molecular complexity index is 993. The standard InChI is InChI=1S/C22H27N3O4S/c1-15(2)29-18-10-6-16(7-11-18)24-22(26)19-12-8-17-9-13-20(19)25(17)30(27,28)21-5-3-4-14-23-21/h3-7,10-11,14-15,17,19-20H,8-9,12-13H2,1-2H3,(H,24,26)/t17-,19-,20-/m1/s1. The summed E-state index contributed by atoms with van der Waals surface area (Å²) in [5.41, 5.74) is 0.676. The SMILES string of the molecule is CC(C)Oc1ccc(NC(=O)[C@@H]2CC[C@@H]3CC[C@H]2N3S(=O)(=O)c2ccccn2)cc1. The van der Waals surface area contributed by atoms with Gasteiger partial charge in [-0.05, 0) is 75.9 Å². The number of nitrogens with one attached hydrogen (secondary N) is 1. The average molecular weight is 430 g/mol. The first-order chi connectivity index (χ1) is 14.4. The van der Waals surface area contributed by atoms with Crippen molar-refractivity contribution >= 4 is 21.6 Å². The number of piperidine rings is 1. The van der Waals surface area contributed by atoms with E-state index in [0.29, 0.717) is 24.9 Å². The molecule has 1 N–H and O–H groups in total. The zero-order chi connectivity index (χ0) is 21.3. The van der Waals surface area contributed by atoms with Gasteiger partial charge in [-0.1, -0.05) is 6.07 Å². The van der Waals surface area contributed by atoms with Gasteiger partial charge >= 0.3 is 0 Å². The summed E-state index contributed by atoms with van der Waals surface area (Å²) in [5, 5.41) is 3.00. The van der Waals surface area contributed by atoms with Crippen molar-refractivity contribution in [2.45, 2.75) is 62.7 Å². The van der Waals surface area contributed by atoms with E-state index in [4.69, 9.17) is 4.74 Å². The number of benzene rings is 1. The molecule has 0 aliphatic carbocycles. The van der Waals surface area contributed by atoms with Crippen molar-refractivity contribution in [3.05, 3.63) is 48.7 Å². The molecule has 2 aromatic rings. The van der Waals surface area contributed by atoms with Crippen molar-refractivity contribution in [1.82, 2.24) is 9.29 Å². The molecule has 2 aliphatic rings. The quantitative estimate of drug-likeness (QED) is 0.760. The van der Waals surface area contributed by atoms with Crippen molar-refractivity contribution < 1.29 is 17.9 Å². The lowest BCUT2D eigenvalue weighted by atomic mass is 9.91. The number of aromatic nitrogens is 1. The highest BCUT2D eigenvalue weighted by Crippen LogP contribution is 2.42. The summed E-state index contributed by atoms with van der Waals surface area (Å²) in [5.74, 6) is 0.222. The molecule has 0 radical (unpaired) electrons. The van der Waals surface area contributed by atoms with Gasteiger partial charge in [-0.25, -0.2) is 13.4 Å². The fourth-order valence-corrected chi connectivity index (χ4v) is 6.39. The predicted molar refractivity (Wildman–Crippen MR) is 114 cm³/mol. The summed E-state index contributed by atoms with van der Waals surface area (Å²) >= 11 is 0.